The normalized spacial score (nSPS) is 20.2. The lowest BCUT2D eigenvalue weighted by Crippen LogP contribution is -2.18. The van der Waals surface area contributed by atoms with E-state index in [1.54, 1.807) is 0 Å². The highest BCUT2D eigenvalue weighted by molar-refractivity contribution is 7.89. The molecule has 1 saturated carbocycles. The first kappa shape index (κ1) is 20.0. The summed E-state index contributed by atoms with van der Waals surface area (Å²) in [7, 11) is 3.68. The van der Waals surface area contributed by atoms with Crippen LogP contribution in [-0.4, -0.2) is 39.0 Å². The molecule has 0 bridgehead atoms. The molecule has 0 radical (unpaired) electrons. The first-order valence-corrected chi connectivity index (χ1v) is 11.2. The third-order valence-corrected chi connectivity index (χ3v) is 7.09. The lowest BCUT2D eigenvalue weighted by atomic mass is 9.95. The number of fused-ring (bicyclic) bond motifs is 1. The van der Waals surface area contributed by atoms with Crippen LogP contribution in [0.5, 0.6) is 0 Å². The fourth-order valence-electron chi connectivity index (χ4n) is 4.16. The molecule has 2 aromatic rings. The van der Waals surface area contributed by atoms with Gasteiger partial charge in [-0.1, -0.05) is 19.3 Å². The molecule has 0 spiro atoms. The molecule has 8 heteroatoms. The van der Waals surface area contributed by atoms with Gasteiger partial charge in [0.15, 0.2) is 17.0 Å². The van der Waals surface area contributed by atoms with Crippen molar-refractivity contribution >= 4 is 35.2 Å². The minimum absolute atomic E-state index is 0.311. The summed E-state index contributed by atoms with van der Waals surface area (Å²) in [4.78, 5) is 12.8. The van der Waals surface area contributed by atoms with E-state index in [9.17, 15) is 9.35 Å². The molecule has 4 rings (SSSR count). The Morgan fingerprint density at radius 3 is 2.79 bits per heavy atom. The molecule has 1 aromatic carbocycles. The molecule has 2 aliphatic rings. The predicted octanol–water partition coefficient (Wildman–Crippen LogP) is 3.60. The maximum Gasteiger partial charge on any atom is 0.178 e. The first-order valence-electron chi connectivity index (χ1n) is 10.1. The molecule has 0 amide bonds. The highest BCUT2D eigenvalue weighted by Gasteiger charge is 2.31. The van der Waals surface area contributed by atoms with E-state index in [2.05, 4.69) is 10.6 Å². The van der Waals surface area contributed by atoms with Crippen molar-refractivity contribution in [2.75, 3.05) is 19.4 Å². The molecule has 1 fully saturated rings. The fraction of sp³-hybridized carbons (Fsp3) is 0.429. The lowest BCUT2D eigenvalue weighted by molar-refractivity contribution is 0.112. The molecule has 2 heterocycles. The van der Waals surface area contributed by atoms with Crippen LogP contribution in [0.15, 0.2) is 29.3 Å². The topological polar surface area (TPSA) is 85.2 Å². The Labute approximate surface area is 174 Å². The zero-order valence-corrected chi connectivity index (χ0v) is 17.7. The number of carbonyl (C=O) groups excluding carboxylic acids is 1. The van der Waals surface area contributed by atoms with Crippen LogP contribution in [0.1, 0.15) is 59.8 Å². The summed E-state index contributed by atoms with van der Waals surface area (Å²) >= 11 is -1.10. The van der Waals surface area contributed by atoms with Crippen molar-refractivity contribution in [2.45, 2.75) is 49.6 Å². The van der Waals surface area contributed by atoms with E-state index in [1.807, 2.05) is 53.6 Å². The highest BCUT2D eigenvalue weighted by Crippen LogP contribution is 2.35. The Morgan fingerprint density at radius 1 is 1.28 bits per heavy atom. The summed E-state index contributed by atoms with van der Waals surface area (Å²) in [6.07, 6.45) is 10.4. The standard InChI is InChI=1S/C21H27N5O2S/c1-22-11-10-19-18(14-27)21(24-26(19)17-6-4-3-5-7-17)23-16-8-9-20-15(12-16)13-25(2)29(20)28/h8-12,14,17,22H,3-7,13H2,1-2H3,(H,23,24)/b11-10-. The molecule has 7 nitrogen and oxygen atoms in total. The third kappa shape index (κ3) is 3.92. The quantitative estimate of drug-likeness (QED) is 0.556. The predicted molar refractivity (Wildman–Crippen MR) is 115 cm³/mol. The number of aldehydes is 1. The Morgan fingerprint density at radius 2 is 2.07 bits per heavy atom. The van der Waals surface area contributed by atoms with Gasteiger partial charge in [0.2, 0.25) is 0 Å². The summed E-state index contributed by atoms with van der Waals surface area (Å²) in [5.41, 5.74) is 3.26. The molecule has 2 N–H and O–H groups in total. The van der Waals surface area contributed by atoms with Gasteiger partial charge < -0.3 is 15.2 Å². The summed E-state index contributed by atoms with van der Waals surface area (Å²) in [6, 6.07) is 6.09. The minimum atomic E-state index is -1.10. The number of hydrogen-bond donors (Lipinski definition) is 2. The first-order chi connectivity index (χ1) is 14.1. The number of aromatic nitrogens is 2. The van der Waals surface area contributed by atoms with Crippen molar-refractivity contribution in [3.05, 3.63) is 41.2 Å². The second-order valence-corrected chi connectivity index (χ2v) is 9.17. The van der Waals surface area contributed by atoms with Gasteiger partial charge in [-0.05, 0) is 43.3 Å². The van der Waals surface area contributed by atoms with E-state index in [-0.39, 0.29) is 0 Å². The average molecular weight is 414 g/mol. The van der Waals surface area contributed by atoms with E-state index in [1.165, 1.54) is 19.3 Å². The molecule has 154 valence electrons. The maximum absolute atomic E-state index is 12.2. The summed E-state index contributed by atoms with van der Waals surface area (Å²) < 4.78 is 16.0. The maximum atomic E-state index is 12.2. The average Bonchev–Trinajstić information content (AvgIpc) is 3.23. The van der Waals surface area contributed by atoms with Crippen molar-refractivity contribution in [1.82, 2.24) is 19.4 Å². The largest absolute Gasteiger partial charge is 0.593 e. The lowest BCUT2D eigenvalue weighted by Gasteiger charge is -2.23. The van der Waals surface area contributed by atoms with Crippen molar-refractivity contribution in [2.24, 2.45) is 0 Å². The summed E-state index contributed by atoms with van der Waals surface area (Å²) in [5.74, 6) is 0.564. The van der Waals surface area contributed by atoms with Crippen molar-refractivity contribution in [1.29, 1.82) is 0 Å². The monoisotopic (exact) mass is 413 g/mol. The molecule has 1 aromatic heterocycles. The molecule has 1 aliphatic heterocycles. The Bertz CT molecular complexity index is 920. The van der Waals surface area contributed by atoms with Gasteiger partial charge in [-0.25, -0.2) is 0 Å². The van der Waals surface area contributed by atoms with E-state index in [0.717, 1.165) is 41.0 Å². The van der Waals surface area contributed by atoms with Crippen molar-refractivity contribution in [3.8, 4) is 0 Å². The van der Waals surface area contributed by atoms with Gasteiger partial charge in [0, 0.05) is 25.3 Å². The van der Waals surface area contributed by atoms with E-state index >= 15 is 0 Å². The van der Waals surface area contributed by atoms with Crippen LogP contribution in [0.3, 0.4) is 0 Å². The number of carbonyl (C=O) groups is 1. The molecule has 1 aliphatic carbocycles. The van der Waals surface area contributed by atoms with Gasteiger partial charge in [-0.15, -0.1) is 4.31 Å². The van der Waals surface area contributed by atoms with Gasteiger partial charge in [-0.2, -0.15) is 5.10 Å². The van der Waals surface area contributed by atoms with Crippen LogP contribution < -0.4 is 10.6 Å². The van der Waals surface area contributed by atoms with E-state index < -0.39 is 11.4 Å². The zero-order valence-electron chi connectivity index (χ0n) is 16.9. The van der Waals surface area contributed by atoms with Gasteiger partial charge in [0.25, 0.3) is 0 Å². The van der Waals surface area contributed by atoms with Gasteiger partial charge >= 0.3 is 0 Å². The third-order valence-electron chi connectivity index (χ3n) is 5.62. The molecule has 1 atom stereocenters. The Balaban J connectivity index is 1.68. The molecular weight excluding hydrogens is 386 g/mol. The number of anilines is 2. The van der Waals surface area contributed by atoms with Crippen molar-refractivity contribution in [3.63, 3.8) is 0 Å². The highest BCUT2D eigenvalue weighted by atomic mass is 32.2. The van der Waals surface area contributed by atoms with E-state index in [0.29, 0.717) is 24.0 Å². The van der Waals surface area contributed by atoms with Gasteiger partial charge in [0.05, 0.1) is 35.2 Å². The zero-order chi connectivity index (χ0) is 20.4. The van der Waals surface area contributed by atoms with Crippen LogP contribution in [0.2, 0.25) is 0 Å². The minimum Gasteiger partial charge on any atom is -0.593 e. The SMILES string of the molecule is CN/C=C\c1c(C=O)c(Nc2ccc3c(c2)CN(C)[S+]3[O-])nn1C1CCCCC1. The summed E-state index contributed by atoms with van der Waals surface area (Å²) in [5, 5.41) is 11.1. The van der Waals surface area contributed by atoms with Gasteiger partial charge in [-0.3, -0.25) is 9.48 Å². The Kier molecular flexibility index (Phi) is 5.94. The molecule has 1 unspecified atom stereocenters. The molecule has 29 heavy (non-hydrogen) atoms. The van der Waals surface area contributed by atoms with Crippen LogP contribution in [0, 0.1) is 0 Å². The van der Waals surface area contributed by atoms with Crippen LogP contribution in [-0.2, 0) is 17.9 Å². The smallest absolute Gasteiger partial charge is 0.178 e. The second-order valence-electron chi connectivity index (χ2n) is 7.61. The molecular formula is C21H27N5O2S. The second kappa shape index (κ2) is 8.61. The number of hydrogen-bond acceptors (Lipinski definition) is 6. The number of benzene rings is 1. The number of rotatable bonds is 6. The number of nitrogens with zero attached hydrogens (tertiary/aromatic N) is 3. The number of nitrogens with one attached hydrogen (secondary N) is 2. The van der Waals surface area contributed by atoms with E-state index in [4.69, 9.17) is 5.10 Å². The van der Waals surface area contributed by atoms with Crippen LogP contribution in [0.4, 0.5) is 11.5 Å². The van der Waals surface area contributed by atoms with Gasteiger partial charge in [0.1, 0.15) is 0 Å². The van der Waals surface area contributed by atoms with Crippen LogP contribution in [0.25, 0.3) is 6.08 Å². The Hall–Kier alpha value is -2.29. The summed E-state index contributed by atoms with van der Waals surface area (Å²) in [6.45, 7) is 0.644. The fourth-order valence-corrected chi connectivity index (χ4v) is 5.28. The van der Waals surface area contributed by atoms with Crippen LogP contribution >= 0.6 is 0 Å². The van der Waals surface area contributed by atoms with Crippen molar-refractivity contribution < 1.29 is 9.35 Å². The molecule has 0 saturated heterocycles.